The first-order valence-electron chi connectivity index (χ1n) is 9.11. The van der Waals surface area contributed by atoms with Crippen molar-refractivity contribution in [1.29, 1.82) is 0 Å². The van der Waals surface area contributed by atoms with Gasteiger partial charge in [-0.2, -0.15) is 0 Å². The number of likely N-dealkylation sites (tertiary alicyclic amines) is 1. The van der Waals surface area contributed by atoms with E-state index in [4.69, 9.17) is 0 Å². The standard InChI is InChI=1S/C18H30N4O2S.HI/c1-3-19-18(20-12-8-13-21-25(23,24)4-2)22-14-11-17(15-22)16-9-6-5-7-10-16;/h5-7,9-10,17,21H,3-4,8,11-15H2,1-2H3,(H,19,20);1H. The van der Waals surface area contributed by atoms with Gasteiger partial charge in [0.05, 0.1) is 5.75 Å². The molecule has 2 N–H and O–H groups in total. The van der Waals surface area contributed by atoms with Gasteiger partial charge in [-0.05, 0) is 32.3 Å². The zero-order valence-corrected chi connectivity index (χ0v) is 18.8. The Bertz CT molecular complexity index is 652. The van der Waals surface area contributed by atoms with E-state index >= 15 is 0 Å². The summed E-state index contributed by atoms with van der Waals surface area (Å²) in [5.41, 5.74) is 1.38. The summed E-state index contributed by atoms with van der Waals surface area (Å²) in [4.78, 5) is 6.97. The quantitative estimate of drug-likeness (QED) is 0.252. The Morgan fingerprint density at radius 1 is 1.27 bits per heavy atom. The van der Waals surface area contributed by atoms with Crippen LogP contribution < -0.4 is 10.0 Å². The van der Waals surface area contributed by atoms with Crippen LogP contribution >= 0.6 is 24.0 Å². The summed E-state index contributed by atoms with van der Waals surface area (Å²) in [6, 6.07) is 10.6. The van der Waals surface area contributed by atoms with E-state index in [9.17, 15) is 8.42 Å². The molecule has 1 aromatic rings. The van der Waals surface area contributed by atoms with Crippen LogP contribution in [0.5, 0.6) is 0 Å². The molecule has 1 atom stereocenters. The minimum absolute atomic E-state index is 0. The van der Waals surface area contributed by atoms with Crippen molar-refractivity contribution in [3.8, 4) is 0 Å². The van der Waals surface area contributed by atoms with Crippen LogP contribution in [0.15, 0.2) is 35.3 Å². The Kier molecular flexibility index (Phi) is 10.5. The molecule has 1 saturated heterocycles. The SMILES string of the molecule is CCNC(=NCCCNS(=O)(=O)CC)N1CCC(c2ccccc2)C1.I. The molecule has 0 aromatic heterocycles. The number of halogens is 1. The molecule has 1 aromatic carbocycles. The molecule has 148 valence electrons. The minimum Gasteiger partial charge on any atom is -0.357 e. The first-order chi connectivity index (χ1) is 12.1. The fourth-order valence-electron chi connectivity index (χ4n) is 2.97. The average Bonchev–Trinajstić information content (AvgIpc) is 3.11. The van der Waals surface area contributed by atoms with E-state index < -0.39 is 10.0 Å². The topological polar surface area (TPSA) is 73.8 Å². The molecule has 1 aliphatic rings. The summed E-state index contributed by atoms with van der Waals surface area (Å²) in [5, 5.41) is 3.35. The predicted molar refractivity (Wildman–Crippen MR) is 119 cm³/mol. The molecule has 8 heteroatoms. The Morgan fingerprint density at radius 3 is 2.65 bits per heavy atom. The van der Waals surface area contributed by atoms with E-state index in [1.54, 1.807) is 6.92 Å². The highest BCUT2D eigenvalue weighted by molar-refractivity contribution is 14.0. The summed E-state index contributed by atoms with van der Waals surface area (Å²) in [6.07, 6.45) is 1.83. The van der Waals surface area contributed by atoms with E-state index in [1.807, 2.05) is 0 Å². The number of guanidine groups is 1. The highest BCUT2D eigenvalue weighted by atomic mass is 127. The Hall–Kier alpha value is -0.870. The molecular formula is C18H31IN4O2S. The molecule has 26 heavy (non-hydrogen) atoms. The minimum atomic E-state index is -3.11. The van der Waals surface area contributed by atoms with Crippen LogP contribution in [-0.4, -0.2) is 57.8 Å². The number of aliphatic imine (C=N–C) groups is 1. The molecule has 0 radical (unpaired) electrons. The number of rotatable bonds is 8. The molecule has 1 unspecified atom stereocenters. The Labute approximate surface area is 174 Å². The van der Waals surface area contributed by atoms with Gasteiger partial charge in [-0.3, -0.25) is 4.99 Å². The third-order valence-corrected chi connectivity index (χ3v) is 5.80. The molecule has 1 heterocycles. The second kappa shape index (κ2) is 11.8. The smallest absolute Gasteiger partial charge is 0.211 e. The van der Waals surface area contributed by atoms with Crippen molar-refractivity contribution >= 4 is 40.0 Å². The van der Waals surface area contributed by atoms with E-state index in [1.165, 1.54) is 5.56 Å². The van der Waals surface area contributed by atoms with Crippen molar-refractivity contribution in [2.24, 2.45) is 4.99 Å². The molecule has 0 amide bonds. The summed E-state index contributed by atoms with van der Waals surface area (Å²) >= 11 is 0. The number of hydrogen-bond acceptors (Lipinski definition) is 3. The Balaban J connectivity index is 0.00000338. The fraction of sp³-hybridized carbons (Fsp3) is 0.611. The third-order valence-electron chi connectivity index (χ3n) is 4.39. The van der Waals surface area contributed by atoms with Crippen LogP contribution in [0.25, 0.3) is 0 Å². The molecule has 0 aliphatic carbocycles. The number of hydrogen-bond donors (Lipinski definition) is 2. The maximum atomic E-state index is 11.4. The van der Waals surface area contributed by atoms with Gasteiger partial charge in [0.25, 0.3) is 0 Å². The van der Waals surface area contributed by atoms with Gasteiger partial charge in [0.1, 0.15) is 0 Å². The van der Waals surface area contributed by atoms with E-state index in [2.05, 4.69) is 57.2 Å². The fourth-order valence-corrected chi connectivity index (χ4v) is 3.63. The van der Waals surface area contributed by atoms with Crippen molar-refractivity contribution < 1.29 is 8.42 Å². The van der Waals surface area contributed by atoms with Gasteiger partial charge in [0.15, 0.2) is 5.96 Å². The average molecular weight is 494 g/mol. The van der Waals surface area contributed by atoms with Gasteiger partial charge in [-0.25, -0.2) is 13.1 Å². The van der Waals surface area contributed by atoms with E-state index in [-0.39, 0.29) is 29.7 Å². The third kappa shape index (κ3) is 7.40. The molecule has 2 rings (SSSR count). The van der Waals surface area contributed by atoms with Gasteiger partial charge in [-0.1, -0.05) is 30.3 Å². The normalized spacial score (nSPS) is 17.8. The predicted octanol–water partition coefficient (Wildman–Crippen LogP) is 2.39. The van der Waals surface area contributed by atoms with Crippen LogP contribution in [0.1, 0.15) is 38.2 Å². The van der Waals surface area contributed by atoms with Gasteiger partial charge < -0.3 is 10.2 Å². The van der Waals surface area contributed by atoms with Crippen molar-refractivity contribution in [2.75, 3.05) is 38.5 Å². The molecule has 6 nitrogen and oxygen atoms in total. The lowest BCUT2D eigenvalue weighted by atomic mass is 9.99. The lowest BCUT2D eigenvalue weighted by Gasteiger charge is -2.21. The zero-order chi connectivity index (χ0) is 18.1. The second-order valence-electron chi connectivity index (χ2n) is 6.23. The van der Waals surface area contributed by atoms with Crippen LogP contribution in [0.2, 0.25) is 0 Å². The molecular weight excluding hydrogens is 463 g/mol. The molecule has 0 bridgehead atoms. The number of sulfonamides is 1. The van der Waals surface area contributed by atoms with E-state index in [0.29, 0.717) is 25.4 Å². The van der Waals surface area contributed by atoms with Crippen LogP contribution in [0, 0.1) is 0 Å². The molecule has 1 aliphatic heterocycles. The summed E-state index contributed by atoms with van der Waals surface area (Å²) in [5.74, 6) is 1.59. The first kappa shape index (κ1) is 23.2. The van der Waals surface area contributed by atoms with Crippen molar-refractivity contribution in [3.63, 3.8) is 0 Å². The lowest BCUT2D eigenvalue weighted by Crippen LogP contribution is -2.40. The Morgan fingerprint density at radius 2 is 2.00 bits per heavy atom. The molecule has 0 spiro atoms. The monoisotopic (exact) mass is 494 g/mol. The van der Waals surface area contributed by atoms with Gasteiger partial charge in [0.2, 0.25) is 10.0 Å². The first-order valence-corrected chi connectivity index (χ1v) is 10.8. The highest BCUT2D eigenvalue weighted by Crippen LogP contribution is 2.26. The van der Waals surface area contributed by atoms with Gasteiger partial charge in [-0.15, -0.1) is 24.0 Å². The molecule has 1 fully saturated rings. The summed E-state index contributed by atoms with van der Waals surface area (Å²) < 4.78 is 25.4. The highest BCUT2D eigenvalue weighted by Gasteiger charge is 2.25. The number of nitrogens with zero attached hydrogens (tertiary/aromatic N) is 2. The molecule has 0 saturated carbocycles. The van der Waals surface area contributed by atoms with Crippen LogP contribution in [0.3, 0.4) is 0 Å². The number of benzene rings is 1. The van der Waals surface area contributed by atoms with Gasteiger partial charge in [0, 0.05) is 38.6 Å². The largest absolute Gasteiger partial charge is 0.357 e. The van der Waals surface area contributed by atoms with Crippen LogP contribution in [0.4, 0.5) is 0 Å². The second-order valence-corrected chi connectivity index (χ2v) is 8.32. The lowest BCUT2D eigenvalue weighted by molar-refractivity contribution is 0.485. The summed E-state index contributed by atoms with van der Waals surface area (Å²) in [7, 11) is -3.11. The number of nitrogens with one attached hydrogen (secondary N) is 2. The van der Waals surface area contributed by atoms with Crippen molar-refractivity contribution in [2.45, 2.75) is 32.6 Å². The van der Waals surface area contributed by atoms with E-state index in [0.717, 1.165) is 32.0 Å². The van der Waals surface area contributed by atoms with Crippen molar-refractivity contribution in [1.82, 2.24) is 14.9 Å². The summed E-state index contributed by atoms with van der Waals surface area (Å²) in [6.45, 7) is 7.54. The maximum Gasteiger partial charge on any atom is 0.211 e. The zero-order valence-electron chi connectivity index (χ0n) is 15.6. The van der Waals surface area contributed by atoms with Gasteiger partial charge >= 0.3 is 0 Å². The van der Waals surface area contributed by atoms with Crippen LogP contribution in [-0.2, 0) is 10.0 Å². The van der Waals surface area contributed by atoms with Crippen molar-refractivity contribution in [3.05, 3.63) is 35.9 Å². The maximum absolute atomic E-state index is 11.4.